The molecule has 1 aromatic carbocycles. The fourth-order valence-corrected chi connectivity index (χ4v) is 2.54. The fraction of sp³-hybridized carbons (Fsp3) is 0.438. The number of benzene rings is 1. The fourth-order valence-electron chi connectivity index (χ4n) is 2.54. The van der Waals surface area contributed by atoms with Gasteiger partial charge in [0, 0.05) is 19.3 Å². The molecule has 2 N–H and O–H groups in total. The first kappa shape index (κ1) is 13.8. The molecule has 1 unspecified atom stereocenters. The van der Waals surface area contributed by atoms with Crippen molar-refractivity contribution in [2.45, 2.75) is 39.2 Å². The van der Waals surface area contributed by atoms with Gasteiger partial charge < -0.3 is 5.73 Å². The van der Waals surface area contributed by atoms with Gasteiger partial charge in [-0.2, -0.15) is 5.10 Å². The lowest BCUT2D eigenvalue weighted by molar-refractivity contribution is 0.610. The number of hydrogen-bond acceptors (Lipinski definition) is 2. The maximum atomic E-state index is 6.23. The molecule has 0 saturated carbocycles. The van der Waals surface area contributed by atoms with Gasteiger partial charge in [-0.25, -0.2) is 0 Å². The van der Waals surface area contributed by atoms with Crippen molar-refractivity contribution in [3.05, 3.63) is 52.8 Å². The summed E-state index contributed by atoms with van der Waals surface area (Å²) in [6.07, 6.45) is 6.92. The van der Waals surface area contributed by atoms with Crippen molar-refractivity contribution < 1.29 is 0 Å². The molecule has 0 amide bonds. The first-order chi connectivity index (χ1) is 9.02. The Labute approximate surface area is 115 Å². The summed E-state index contributed by atoms with van der Waals surface area (Å²) in [6.45, 7) is 4.27. The summed E-state index contributed by atoms with van der Waals surface area (Å²) in [5.74, 6) is 0. The third-order valence-electron chi connectivity index (χ3n) is 3.34. The Bertz CT molecular complexity index is 522. The zero-order valence-corrected chi connectivity index (χ0v) is 12.1. The molecule has 0 aliphatic heterocycles. The van der Waals surface area contributed by atoms with E-state index in [-0.39, 0.29) is 6.04 Å². The lowest BCUT2D eigenvalue weighted by atomic mass is 9.98. The first-order valence-electron chi connectivity index (χ1n) is 6.83. The van der Waals surface area contributed by atoms with E-state index in [2.05, 4.69) is 43.3 Å². The summed E-state index contributed by atoms with van der Waals surface area (Å²) in [5.41, 5.74) is 11.5. The van der Waals surface area contributed by atoms with Crippen LogP contribution in [0.15, 0.2) is 30.6 Å². The average molecular weight is 257 g/mol. The molecule has 1 heterocycles. The van der Waals surface area contributed by atoms with Gasteiger partial charge in [0.05, 0.1) is 6.20 Å². The third-order valence-corrected chi connectivity index (χ3v) is 3.34. The van der Waals surface area contributed by atoms with E-state index in [0.29, 0.717) is 0 Å². The molecular weight excluding hydrogens is 234 g/mol. The molecule has 1 atom stereocenters. The van der Waals surface area contributed by atoms with E-state index in [1.54, 1.807) is 0 Å². The Kier molecular flexibility index (Phi) is 4.38. The molecule has 3 heteroatoms. The van der Waals surface area contributed by atoms with Crippen molar-refractivity contribution in [3.8, 4) is 0 Å². The molecular formula is C16H23N3. The molecule has 19 heavy (non-hydrogen) atoms. The second kappa shape index (κ2) is 6.02. The average Bonchev–Trinajstić information content (AvgIpc) is 2.71. The van der Waals surface area contributed by atoms with Crippen molar-refractivity contribution in [1.29, 1.82) is 0 Å². The van der Waals surface area contributed by atoms with Gasteiger partial charge in [0.1, 0.15) is 0 Å². The molecule has 1 aromatic heterocycles. The second-order valence-electron chi connectivity index (χ2n) is 5.52. The quantitative estimate of drug-likeness (QED) is 0.894. The summed E-state index contributed by atoms with van der Waals surface area (Å²) in [5, 5.41) is 4.18. The molecule has 0 saturated heterocycles. The number of hydrogen-bond donors (Lipinski definition) is 1. The van der Waals surface area contributed by atoms with Crippen molar-refractivity contribution in [3.63, 3.8) is 0 Å². The van der Waals surface area contributed by atoms with E-state index in [0.717, 1.165) is 19.3 Å². The molecule has 102 valence electrons. The van der Waals surface area contributed by atoms with Crippen LogP contribution in [0.25, 0.3) is 0 Å². The summed E-state index contributed by atoms with van der Waals surface area (Å²) < 4.78 is 1.84. The molecule has 0 fully saturated rings. The van der Waals surface area contributed by atoms with Crippen LogP contribution in [0.1, 0.15) is 28.7 Å². The Morgan fingerprint density at radius 3 is 2.42 bits per heavy atom. The van der Waals surface area contributed by atoms with E-state index in [4.69, 9.17) is 5.73 Å². The summed E-state index contributed by atoms with van der Waals surface area (Å²) in [6, 6.07) is 6.87. The molecule has 2 aromatic rings. The van der Waals surface area contributed by atoms with Crippen molar-refractivity contribution in [2.75, 3.05) is 0 Å². The minimum atomic E-state index is 0.210. The van der Waals surface area contributed by atoms with Crippen LogP contribution in [-0.4, -0.2) is 15.8 Å². The van der Waals surface area contributed by atoms with E-state index in [9.17, 15) is 0 Å². The molecule has 2 rings (SSSR count). The Morgan fingerprint density at radius 2 is 1.84 bits per heavy atom. The molecule has 0 aliphatic carbocycles. The largest absolute Gasteiger partial charge is 0.327 e. The van der Waals surface area contributed by atoms with Gasteiger partial charge in [0.2, 0.25) is 0 Å². The van der Waals surface area contributed by atoms with Gasteiger partial charge in [-0.3, -0.25) is 4.68 Å². The normalized spacial score (nSPS) is 12.6. The van der Waals surface area contributed by atoms with Crippen LogP contribution in [0.4, 0.5) is 0 Å². The number of rotatable bonds is 5. The Balaban J connectivity index is 1.88. The summed E-state index contributed by atoms with van der Waals surface area (Å²) in [4.78, 5) is 0. The third kappa shape index (κ3) is 4.21. The van der Waals surface area contributed by atoms with E-state index < -0.39 is 0 Å². The summed E-state index contributed by atoms with van der Waals surface area (Å²) >= 11 is 0. The predicted octanol–water partition coefficient (Wildman–Crippen LogP) is 2.54. The molecule has 0 radical (unpaired) electrons. The lowest BCUT2D eigenvalue weighted by Gasteiger charge is -2.12. The van der Waals surface area contributed by atoms with Gasteiger partial charge in [-0.05, 0) is 44.2 Å². The van der Waals surface area contributed by atoms with Gasteiger partial charge in [-0.15, -0.1) is 0 Å². The van der Waals surface area contributed by atoms with Gasteiger partial charge >= 0.3 is 0 Å². The Hall–Kier alpha value is -1.61. The number of aryl methyl sites for hydroxylation is 4. The van der Waals surface area contributed by atoms with Crippen LogP contribution in [0, 0.1) is 13.8 Å². The number of nitrogens with two attached hydrogens (primary N) is 1. The molecule has 0 bridgehead atoms. The maximum Gasteiger partial charge on any atom is 0.0521 e. The second-order valence-corrected chi connectivity index (χ2v) is 5.52. The van der Waals surface area contributed by atoms with E-state index >= 15 is 0 Å². The SMILES string of the molecule is Cc1cc(C)cc(CC(N)CCc2cnn(C)c2)c1. The van der Waals surface area contributed by atoms with Crippen molar-refractivity contribution in [1.82, 2.24) is 9.78 Å². The Morgan fingerprint density at radius 1 is 1.16 bits per heavy atom. The molecule has 0 spiro atoms. The minimum Gasteiger partial charge on any atom is -0.327 e. The molecule has 0 aliphatic rings. The van der Waals surface area contributed by atoms with Crippen LogP contribution in [0.3, 0.4) is 0 Å². The number of aromatic nitrogens is 2. The monoisotopic (exact) mass is 257 g/mol. The van der Waals surface area contributed by atoms with E-state index in [1.165, 1.54) is 22.3 Å². The predicted molar refractivity (Wildman–Crippen MR) is 79.1 cm³/mol. The van der Waals surface area contributed by atoms with E-state index in [1.807, 2.05) is 17.9 Å². The lowest BCUT2D eigenvalue weighted by Crippen LogP contribution is -2.23. The zero-order chi connectivity index (χ0) is 13.8. The standard InChI is InChI=1S/C16H23N3/c1-12-6-13(2)8-15(7-12)9-16(17)5-4-14-10-18-19(3)11-14/h6-8,10-11,16H,4-5,9,17H2,1-3H3. The highest BCUT2D eigenvalue weighted by molar-refractivity contribution is 5.29. The first-order valence-corrected chi connectivity index (χ1v) is 6.83. The van der Waals surface area contributed by atoms with Crippen LogP contribution in [0.5, 0.6) is 0 Å². The van der Waals surface area contributed by atoms with Gasteiger partial charge in [-0.1, -0.05) is 29.3 Å². The zero-order valence-electron chi connectivity index (χ0n) is 12.1. The van der Waals surface area contributed by atoms with Crippen LogP contribution >= 0.6 is 0 Å². The molecule has 3 nitrogen and oxygen atoms in total. The van der Waals surface area contributed by atoms with Crippen LogP contribution < -0.4 is 5.73 Å². The van der Waals surface area contributed by atoms with Crippen molar-refractivity contribution in [2.24, 2.45) is 12.8 Å². The smallest absolute Gasteiger partial charge is 0.0521 e. The van der Waals surface area contributed by atoms with Crippen LogP contribution in [-0.2, 0) is 19.9 Å². The number of nitrogens with zero attached hydrogens (tertiary/aromatic N) is 2. The van der Waals surface area contributed by atoms with Gasteiger partial charge in [0.15, 0.2) is 0 Å². The minimum absolute atomic E-state index is 0.210. The summed E-state index contributed by atoms with van der Waals surface area (Å²) in [7, 11) is 1.94. The highest BCUT2D eigenvalue weighted by Gasteiger charge is 2.06. The van der Waals surface area contributed by atoms with Crippen LogP contribution in [0.2, 0.25) is 0 Å². The highest BCUT2D eigenvalue weighted by atomic mass is 15.2. The maximum absolute atomic E-state index is 6.23. The topological polar surface area (TPSA) is 43.8 Å². The van der Waals surface area contributed by atoms with Crippen molar-refractivity contribution >= 4 is 0 Å². The highest BCUT2D eigenvalue weighted by Crippen LogP contribution is 2.12. The van der Waals surface area contributed by atoms with Gasteiger partial charge in [0.25, 0.3) is 0 Å².